The molecule has 0 aliphatic heterocycles. The molecular formula is C14H13N5O4. The Hall–Kier alpha value is -3.49. The van der Waals surface area contributed by atoms with Crippen LogP contribution in [0.5, 0.6) is 0 Å². The van der Waals surface area contributed by atoms with E-state index in [1.807, 2.05) is 0 Å². The summed E-state index contributed by atoms with van der Waals surface area (Å²) in [5.74, 6) is -2.20. The Morgan fingerprint density at radius 2 is 1.74 bits per heavy atom. The number of nitrogens with two attached hydrogens (primary N) is 1. The number of carbonyl (C=O) groups excluding carboxylic acids is 3. The number of amides is 2. The smallest absolute Gasteiger partial charge is 0.361 e. The molecule has 2 aromatic rings. The number of nitrogen functional groups attached to an aromatic ring is 1. The van der Waals surface area contributed by atoms with E-state index in [0.29, 0.717) is 5.56 Å². The van der Waals surface area contributed by atoms with Gasteiger partial charge in [0.15, 0.2) is 18.1 Å². The first-order valence-electron chi connectivity index (χ1n) is 6.46. The number of carbonyl (C=O) groups is 3. The van der Waals surface area contributed by atoms with Gasteiger partial charge in [-0.05, 0) is 12.1 Å². The van der Waals surface area contributed by atoms with Crippen molar-refractivity contribution in [1.29, 1.82) is 0 Å². The van der Waals surface area contributed by atoms with E-state index in [0.717, 1.165) is 0 Å². The summed E-state index contributed by atoms with van der Waals surface area (Å²) >= 11 is 0. The van der Waals surface area contributed by atoms with Crippen molar-refractivity contribution < 1.29 is 19.1 Å². The molecule has 118 valence electrons. The molecular weight excluding hydrogens is 302 g/mol. The van der Waals surface area contributed by atoms with Crippen LogP contribution in [0, 0.1) is 0 Å². The Morgan fingerprint density at radius 1 is 1.04 bits per heavy atom. The average molecular weight is 315 g/mol. The standard InChI is InChI=1S/C14H13N5O4/c15-12-11(16-6-7-17-12)14(22)23-8-10(20)18-19-13(21)9-4-2-1-3-5-9/h1-7H,8H2,(H2,15,17)(H,18,20)(H,19,21). The SMILES string of the molecule is Nc1nccnc1C(=O)OCC(=O)NNC(=O)c1ccccc1. The molecule has 4 N–H and O–H groups in total. The van der Waals surface area contributed by atoms with E-state index in [2.05, 4.69) is 20.8 Å². The lowest BCUT2D eigenvalue weighted by molar-refractivity contribution is -0.125. The molecule has 0 saturated heterocycles. The van der Waals surface area contributed by atoms with Gasteiger partial charge in [-0.1, -0.05) is 18.2 Å². The maximum absolute atomic E-state index is 11.7. The number of nitrogens with zero attached hydrogens (tertiary/aromatic N) is 2. The summed E-state index contributed by atoms with van der Waals surface area (Å²) in [6.45, 7) is -0.607. The highest BCUT2D eigenvalue weighted by Gasteiger charge is 2.15. The third-order valence-corrected chi connectivity index (χ3v) is 2.61. The van der Waals surface area contributed by atoms with Gasteiger partial charge in [-0.25, -0.2) is 14.8 Å². The van der Waals surface area contributed by atoms with Gasteiger partial charge < -0.3 is 10.5 Å². The molecule has 1 heterocycles. The van der Waals surface area contributed by atoms with Gasteiger partial charge in [0, 0.05) is 18.0 Å². The molecule has 9 nitrogen and oxygen atoms in total. The van der Waals surface area contributed by atoms with E-state index in [1.54, 1.807) is 30.3 Å². The van der Waals surface area contributed by atoms with Gasteiger partial charge in [-0.3, -0.25) is 20.4 Å². The van der Waals surface area contributed by atoms with Crippen molar-refractivity contribution in [2.24, 2.45) is 0 Å². The van der Waals surface area contributed by atoms with E-state index in [-0.39, 0.29) is 11.5 Å². The monoisotopic (exact) mass is 315 g/mol. The third kappa shape index (κ3) is 4.49. The second-order valence-electron chi connectivity index (χ2n) is 4.23. The van der Waals surface area contributed by atoms with Gasteiger partial charge in [0.25, 0.3) is 11.8 Å². The predicted octanol–water partition coefficient (Wildman–Crippen LogP) is -0.323. The van der Waals surface area contributed by atoms with Gasteiger partial charge in [-0.2, -0.15) is 0 Å². The Bertz CT molecular complexity index is 720. The molecule has 0 bridgehead atoms. The van der Waals surface area contributed by atoms with Gasteiger partial charge >= 0.3 is 5.97 Å². The van der Waals surface area contributed by atoms with E-state index in [4.69, 9.17) is 10.5 Å². The zero-order valence-corrected chi connectivity index (χ0v) is 11.9. The number of anilines is 1. The van der Waals surface area contributed by atoms with Crippen molar-refractivity contribution in [3.8, 4) is 0 Å². The van der Waals surface area contributed by atoms with Crippen molar-refractivity contribution >= 4 is 23.6 Å². The Kier molecular flexibility index (Phi) is 5.18. The number of rotatable bonds is 4. The minimum absolute atomic E-state index is 0.102. The van der Waals surface area contributed by atoms with E-state index in [1.165, 1.54) is 12.4 Å². The van der Waals surface area contributed by atoms with Crippen molar-refractivity contribution in [3.63, 3.8) is 0 Å². The number of ether oxygens (including phenoxy) is 1. The van der Waals surface area contributed by atoms with Crippen LogP contribution >= 0.6 is 0 Å². The van der Waals surface area contributed by atoms with Crippen LogP contribution in [0.3, 0.4) is 0 Å². The van der Waals surface area contributed by atoms with Crippen LogP contribution in [-0.4, -0.2) is 34.4 Å². The van der Waals surface area contributed by atoms with Crippen LogP contribution in [0.15, 0.2) is 42.7 Å². The molecule has 0 saturated carbocycles. The minimum atomic E-state index is -0.889. The predicted molar refractivity (Wildman–Crippen MR) is 78.8 cm³/mol. The first-order chi connectivity index (χ1) is 11.1. The van der Waals surface area contributed by atoms with Crippen LogP contribution < -0.4 is 16.6 Å². The quantitative estimate of drug-likeness (QED) is 0.519. The summed E-state index contributed by atoms with van der Waals surface area (Å²) in [4.78, 5) is 42.3. The number of hydrogen-bond donors (Lipinski definition) is 3. The van der Waals surface area contributed by atoms with E-state index >= 15 is 0 Å². The number of aromatic nitrogens is 2. The molecule has 1 aromatic carbocycles. The molecule has 0 radical (unpaired) electrons. The van der Waals surface area contributed by atoms with Crippen molar-refractivity contribution in [3.05, 3.63) is 54.0 Å². The highest BCUT2D eigenvalue weighted by Crippen LogP contribution is 2.04. The Balaban J connectivity index is 1.78. The molecule has 2 rings (SSSR count). The fourth-order valence-corrected chi connectivity index (χ4v) is 1.53. The Morgan fingerprint density at radius 3 is 2.43 bits per heavy atom. The average Bonchev–Trinajstić information content (AvgIpc) is 2.58. The maximum atomic E-state index is 11.7. The zero-order valence-electron chi connectivity index (χ0n) is 11.9. The molecule has 1 aromatic heterocycles. The molecule has 0 fully saturated rings. The molecule has 0 unspecified atom stereocenters. The summed E-state index contributed by atoms with van der Waals surface area (Å²) in [6.07, 6.45) is 2.59. The number of hydrazine groups is 1. The topological polar surface area (TPSA) is 136 Å². The van der Waals surface area contributed by atoms with E-state index in [9.17, 15) is 14.4 Å². The summed E-state index contributed by atoms with van der Waals surface area (Å²) in [5.41, 5.74) is 9.96. The normalized spacial score (nSPS) is 9.74. The first-order valence-corrected chi connectivity index (χ1v) is 6.46. The van der Waals surface area contributed by atoms with Gasteiger partial charge in [0.05, 0.1) is 0 Å². The second-order valence-corrected chi connectivity index (χ2v) is 4.23. The highest BCUT2D eigenvalue weighted by molar-refractivity contribution is 5.96. The molecule has 0 aliphatic rings. The van der Waals surface area contributed by atoms with Gasteiger partial charge in [-0.15, -0.1) is 0 Å². The third-order valence-electron chi connectivity index (χ3n) is 2.61. The van der Waals surface area contributed by atoms with Crippen LogP contribution in [-0.2, 0) is 9.53 Å². The number of benzene rings is 1. The van der Waals surface area contributed by atoms with Crippen molar-refractivity contribution in [1.82, 2.24) is 20.8 Å². The molecule has 0 atom stereocenters. The maximum Gasteiger partial charge on any atom is 0.361 e. The highest BCUT2D eigenvalue weighted by atomic mass is 16.5. The number of hydrogen-bond acceptors (Lipinski definition) is 7. The van der Waals surface area contributed by atoms with Crippen LogP contribution in [0.4, 0.5) is 5.82 Å². The summed E-state index contributed by atoms with van der Waals surface area (Å²) in [6, 6.07) is 8.29. The summed E-state index contributed by atoms with van der Waals surface area (Å²) in [5, 5.41) is 0. The van der Waals surface area contributed by atoms with E-state index < -0.39 is 24.4 Å². The Labute approximate surface area is 130 Å². The largest absolute Gasteiger partial charge is 0.451 e. The fourth-order valence-electron chi connectivity index (χ4n) is 1.53. The summed E-state index contributed by atoms with van der Waals surface area (Å²) < 4.78 is 4.72. The molecule has 9 heteroatoms. The van der Waals surface area contributed by atoms with Crippen LogP contribution in [0.1, 0.15) is 20.8 Å². The summed E-state index contributed by atoms with van der Waals surface area (Å²) in [7, 11) is 0. The second kappa shape index (κ2) is 7.50. The number of nitrogens with one attached hydrogen (secondary N) is 2. The van der Waals surface area contributed by atoms with Gasteiger partial charge in [0.2, 0.25) is 0 Å². The lowest BCUT2D eigenvalue weighted by Gasteiger charge is -2.08. The van der Waals surface area contributed by atoms with Crippen molar-refractivity contribution in [2.75, 3.05) is 12.3 Å². The lowest BCUT2D eigenvalue weighted by atomic mass is 10.2. The fraction of sp³-hybridized carbons (Fsp3) is 0.0714. The number of esters is 1. The minimum Gasteiger partial charge on any atom is -0.451 e. The molecule has 0 aliphatic carbocycles. The molecule has 0 spiro atoms. The lowest BCUT2D eigenvalue weighted by Crippen LogP contribution is -2.43. The van der Waals surface area contributed by atoms with Crippen LogP contribution in [0.2, 0.25) is 0 Å². The first kappa shape index (κ1) is 15.9. The van der Waals surface area contributed by atoms with Crippen LogP contribution in [0.25, 0.3) is 0 Å². The zero-order chi connectivity index (χ0) is 16.7. The van der Waals surface area contributed by atoms with Crippen molar-refractivity contribution in [2.45, 2.75) is 0 Å². The molecule has 23 heavy (non-hydrogen) atoms. The molecule has 2 amide bonds. The van der Waals surface area contributed by atoms with Gasteiger partial charge in [0.1, 0.15) is 0 Å².